The number of hydrogen-bond donors (Lipinski definition) is 2. The van der Waals surface area contributed by atoms with Gasteiger partial charge >= 0.3 is 0 Å². The molecule has 1 saturated heterocycles. The van der Waals surface area contributed by atoms with Crippen LogP contribution < -0.4 is 5.32 Å². The molecule has 2 aromatic rings. The van der Waals surface area contributed by atoms with Crippen LogP contribution in [0.3, 0.4) is 0 Å². The minimum absolute atomic E-state index is 0.0707. The number of anilines is 1. The molecule has 1 heterocycles. The van der Waals surface area contributed by atoms with E-state index in [1.165, 1.54) is 48.5 Å². The lowest BCUT2D eigenvalue weighted by molar-refractivity contribution is -0.127. The van der Waals surface area contributed by atoms with Crippen LogP contribution in [-0.2, 0) is 9.59 Å². The molecule has 2 N–H and O–H groups in total. The highest BCUT2D eigenvalue weighted by molar-refractivity contribution is 8.18. The van der Waals surface area contributed by atoms with E-state index in [4.69, 9.17) is 11.6 Å². The van der Waals surface area contributed by atoms with Crippen molar-refractivity contribution in [2.24, 2.45) is 0 Å². The number of hydrogen-bond acceptors (Lipinski definition) is 5. The number of carbonyl (C=O) groups excluding carboxylic acids is 3. The van der Waals surface area contributed by atoms with Gasteiger partial charge in [0.2, 0.25) is 5.91 Å². The summed E-state index contributed by atoms with van der Waals surface area (Å²) < 4.78 is 13.0. The van der Waals surface area contributed by atoms with Gasteiger partial charge in [-0.2, -0.15) is 0 Å². The van der Waals surface area contributed by atoms with Crippen LogP contribution in [0.5, 0.6) is 5.75 Å². The first-order valence-corrected chi connectivity index (χ1v) is 8.82. The Morgan fingerprint density at radius 2 is 1.93 bits per heavy atom. The number of aromatic hydroxyl groups is 1. The summed E-state index contributed by atoms with van der Waals surface area (Å²) in [5.41, 5.74) is 0.622. The van der Waals surface area contributed by atoms with E-state index in [2.05, 4.69) is 5.32 Å². The molecular weight excluding hydrogens is 395 g/mol. The number of rotatable bonds is 4. The van der Waals surface area contributed by atoms with E-state index >= 15 is 0 Å². The minimum atomic E-state index is -0.669. The number of imide groups is 1. The molecule has 0 aliphatic carbocycles. The molecule has 6 nitrogen and oxygen atoms in total. The Labute approximate surface area is 162 Å². The molecule has 3 amide bonds. The molecular formula is C18H12ClFN2O4S. The lowest BCUT2D eigenvalue weighted by atomic mass is 10.2. The summed E-state index contributed by atoms with van der Waals surface area (Å²) in [5.74, 6) is -1.91. The predicted octanol–water partition coefficient (Wildman–Crippen LogP) is 3.86. The van der Waals surface area contributed by atoms with Crippen LogP contribution in [0.1, 0.15) is 5.56 Å². The van der Waals surface area contributed by atoms with E-state index in [0.29, 0.717) is 22.3 Å². The summed E-state index contributed by atoms with van der Waals surface area (Å²) in [5, 5.41) is 11.8. The standard InChI is InChI=1S/C18H12ClFN2O4S/c19-11-3-6-14(23)13(8-11)21-16(24)9-22-17(25)15(27-18(22)26)7-10-1-4-12(20)5-2-10/h1-8,23H,9H2,(H,21,24)/b15-7-. The number of nitrogens with one attached hydrogen (secondary N) is 1. The van der Waals surface area contributed by atoms with Crippen LogP contribution in [0.15, 0.2) is 47.4 Å². The highest BCUT2D eigenvalue weighted by atomic mass is 35.5. The first-order valence-electron chi connectivity index (χ1n) is 7.63. The molecule has 0 unspecified atom stereocenters. The number of carbonyl (C=O) groups is 3. The topological polar surface area (TPSA) is 86.7 Å². The van der Waals surface area contributed by atoms with Crippen LogP contribution in [0.4, 0.5) is 14.9 Å². The van der Waals surface area contributed by atoms with Gasteiger partial charge in [-0.3, -0.25) is 19.3 Å². The molecule has 1 aliphatic rings. The maximum atomic E-state index is 13.0. The summed E-state index contributed by atoms with van der Waals surface area (Å²) in [6.07, 6.45) is 1.45. The van der Waals surface area contributed by atoms with Crippen LogP contribution >= 0.6 is 23.4 Å². The van der Waals surface area contributed by atoms with Gasteiger partial charge in [0, 0.05) is 5.02 Å². The van der Waals surface area contributed by atoms with Crippen molar-refractivity contribution in [3.8, 4) is 5.75 Å². The van der Waals surface area contributed by atoms with Gasteiger partial charge in [0.05, 0.1) is 10.6 Å². The molecule has 27 heavy (non-hydrogen) atoms. The van der Waals surface area contributed by atoms with Gasteiger partial charge in [0.15, 0.2) is 0 Å². The number of benzene rings is 2. The Morgan fingerprint density at radius 1 is 1.22 bits per heavy atom. The lowest BCUT2D eigenvalue weighted by Gasteiger charge is -2.13. The van der Waals surface area contributed by atoms with Crippen molar-refractivity contribution in [2.45, 2.75) is 0 Å². The molecule has 0 saturated carbocycles. The minimum Gasteiger partial charge on any atom is -0.506 e. The highest BCUT2D eigenvalue weighted by Gasteiger charge is 2.36. The fourth-order valence-electron chi connectivity index (χ4n) is 2.29. The molecule has 0 spiro atoms. The van der Waals surface area contributed by atoms with Crippen LogP contribution in [0, 0.1) is 5.82 Å². The molecule has 0 radical (unpaired) electrons. The summed E-state index contributed by atoms with van der Waals surface area (Å²) >= 11 is 6.50. The molecule has 2 aromatic carbocycles. The van der Waals surface area contributed by atoms with Crippen molar-refractivity contribution in [3.05, 3.63) is 63.8 Å². The van der Waals surface area contributed by atoms with Gasteiger partial charge in [-0.15, -0.1) is 0 Å². The Balaban J connectivity index is 1.71. The van der Waals surface area contributed by atoms with Crippen molar-refractivity contribution >= 4 is 52.2 Å². The number of halogens is 2. The largest absolute Gasteiger partial charge is 0.506 e. The molecule has 138 valence electrons. The number of nitrogens with zero attached hydrogens (tertiary/aromatic N) is 1. The zero-order valence-corrected chi connectivity index (χ0v) is 15.2. The maximum absolute atomic E-state index is 13.0. The van der Waals surface area contributed by atoms with E-state index in [0.717, 1.165) is 4.90 Å². The fourth-order valence-corrected chi connectivity index (χ4v) is 3.30. The third kappa shape index (κ3) is 4.47. The van der Waals surface area contributed by atoms with Gasteiger partial charge < -0.3 is 10.4 Å². The third-order valence-corrected chi connectivity index (χ3v) is 4.72. The summed E-state index contributed by atoms with van der Waals surface area (Å²) in [4.78, 5) is 37.5. The number of phenolic OH excluding ortho intramolecular Hbond substituents is 1. The quantitative estimate of drug-likeness (QED) is 0.594. The van der Waals surface area contributed by atoms with Crippen molar-refractivity contribution in [1.82, 2.24) is 4.90 Å². The summed E-state index contributed by atoms with van der Waals surface area (Å²) in [6.45, 7) is -0.516. The maximum Gasteiger partial charge on any atom is 0.294 e. The molecule has 1 fully saturated rings. The normalized spacial score (nSPS) is 15.5. The molecule has 1 aliphatic heterocycles. The second-order valence-corrected chi connectivity index (χ2v) is 6.96. The smallest absolute Gasteiger partial charge is 0.294 e. The average Bonchev–Trinajstić information content (AvgIpc) is 2.87. The zero-order chi connectivity index (χ0) is 19.6. The third-order valence-electron chi connectivity index (χ3n) is 3.58. The molecule has 0 atom stereocenters. The van der Waals surface area contributed by atoms with Crippen molar-refractivity contribution < 1.29 is 23.9 Å². The second kappa shape index (κ2) is 7.81. The second-order valence-electron chi connectivity index (χ2n) is 5.53. The fraction of sp³-hybridized carbons (Fsp3) is 0.0556. The van der Waals surface area contributed by atoms with Crippen LogP contribution in [0.2, 0.25) is 5.02 Å². The Hall–Kier alpha value is -2.84. The Morgan fingerprint density at radius 3 is 2.63 bits per heavy atom. The van der Waals surface area contributed by atoms with E-state index in [1.807, 2.05) is 0 Å². The van der Waals surface area contributed by atoms with Gasteiger partial charge in [0.1, 0.15) is 18.1 Å². The van der Waals surface area contributed by atoms with E-state index in [-0.39, 0.29) is 16.3 Å². The highest BCUT2D eigenvalue weighted by Crippen LogP contribution is 2.32. The summed E-state index contributed by atoms with van der Waals surface area (Å²) in [6, 6.07) is 9.52. The SMILES string of the molecule is O=C(CN1C(=O)S/C(=C\c2ccc(F)cc2)C1=O)Nc1cc(Cl)ccc1O. The predicted molar refractivity (Wildman–Crippen MR) is 101 cm³/mol. The molecule has 0 aromatic heterocycles. The molecule has 0 bridgehead atoms. The van der Waals surface area contributed by atoms with Crippen molar-refractivity contribution in [1.29, 1.82) is 0 Å². The van der Waals surface area contributed by atoms with Crippen LogP contribution in [0.25, 0.3) is 6.08 Å². The number of amides is 3. The average molecular weight is 407 g/mol. The van der Waals surface area contributed by atoms with Gasteiger partial charge in [-0.25, -0.2) is 4.39 Å². The zero-order valence-electron chi connectivity index (χ0n) is 13.6. The monoisotopic (exact) mass is 406 g/mol. The first-order chi connectivity index (χ1) is 12.8. The van der Waals surface area contributed by atoms with E-state index < -0.39 is 29.4 Å². The first kappa shape index (κ1) is 18.9. The number of thioether (sulfide) groups is 1. The van der Waals surface area contributed by atoms with Gasteiger partial charge in [-0.1, -0.05) is 23.7 Å². The Kier molecular flexibility index (Phi) is 5.48. The molecule has 3 rings (SSSR count). The Bertz CT molecular complexity index is 962. The number of phenols is 1. The van der Waals surface area contributed by atoms with E-state index in [1.54, 1.807) is 0 Å². The van der Waals surface area contributed by atoms with Gasteiger partial charge in [0.25, 0.3) is 11.1 Å². The molecule has 9 heteroatoms. The van der Waals surface area contributed by atoms with Crippen LogP contribution in [-0.4, -0.2) is 33.6 Å². The summed E-state index contributed by atoms with van der Waals surface area (Å²) in [7, 11) is 0. The lowest BCUT2D eigenvalue weighted by Crippen LogP contribution is -2.36. The van der Waals surface area contributed by atoms with Crippen molar-refractivity contribution in [2.75, 3.05) is 11.9 Å². The van der Waals surface area contributed by atoms with Crippen molar-refractivity contribution in [3.63, 3.8) is 0 Å². The van der Waals surface area contributed by atoms with Gasteiger partial charge in [-0.05, 0) is 53.7 Å². The van der Waals surface area contributed by atoms with E-state index in [9.17, 15) is 23.9 Å².